The SMILES string of the molecule is O=C(NC1CCCCC1CO)C1(c2ccc(Cl)cc2)CC1. The van der Waals surface area contributed by atoms with Gasteiger partial charge < -0.3 is 10.4 Å². The third kappa shape index (κ3) is 2.95. The average Bonchev–Trinajstić information content (AvgIpc) is 3.30. The van der Waals surface area contributed by atoms with Gasteiger partial charge in [-0.3, -0.25) is 4.79 Å². The smallest absolute Gasteiger partial charge is 0.230 e. The zero-order valence-electron chi connectivity index (χ0n) is 12.1. The van der Waals surface area contributed by atoms with Crippen molar-refractivity contribution in [3.05, 3.63) is 34.9 Å². The van der Waals surface area contributed by atoms with E-state index in [9.17, 15) is 9.90 Å². The molecule has 2 fully saturated rings. The number of benzene rings is 1. The van der Waals surface area contributed by atoms with Gasteiger partial charge in [0.2, 0.25) is 5.91 Å². The molecule has 1 aromatic carbocycles. The average molecular weight is 308 g/mol. The van der Waals surface area contributed by atoms with Crippen molar-refractivity contribution in [1.82, 2.24) is 5.32 Å². The van der Waals surface area contributed by atoms with E-state index in [1.807, 2.05) is 24.3 Å². The summed E-state index contributed by atoms with van der Waals surface area (Å²) >= 11 is 5.93. The van der Waals surface area contributed by atoms with Crippen LogP contribution in [0.5, 0.6) is 0 Å². The molecule has 21 heavy (non-hydrogen) atoms. The fraction of sp³-hybridized carbons (Fsp3) is 0.588. The van der Waals surface area contributed by atoms with Gasteiger partial charge in [-0.2, -0.15) is 0 Å². The largest absolute Gasteiger partial charge is 0.396 e. The highest BCUT2D eigenvalue weighted by Crippen LogP contribution is 2.48. The van der Waals surface area contributed by atoms with Crippen molar-refractivity contribution in [1.29, 1.82) is 0 Å². The predicted octanol–water partition coefficient (Wildman–Crippen LogP) is 3.04. The molecule has 2 unspecified atom stereocenters. The van der Waals surface area contributed by atoms with Gasteiger partial charge in [0.25, 0.3) is 0 Å². The van der Waals surface area contributed by atoms with Gasteiger partial charge in [-0.1, -0.05) is 36.6 Å². The highest BCUT2D eigenvalue weighted by Gasteiger charge is 2.51. The molecule has 2 aliphatic carbocycles. The van der Waals surface area contributed by atoms with E-state index in [1.54, 1.807) is 0 Å². The Bertz CT molecular complexity index is 510. The summed E-state index contributed by atoms with van der Waals surface area (Å²) in [5, 5.41) is 13.4. The maximum Gasteiger partial charge on any atom is 0.230 e. The van der Waals surface area contributed by atoms with Crippen molar-refractivity contribution in [3.63, 3.8) is 0 Å². The first-order chi connectivity index (χ1) is 10.2. The lowest BCUT2D eigenvalue weighted by molar-refractivity contribution is -0.125. The van der Waals surface area contributed by atoms with Crippen LogP contribution in [0.15, 0.2) is 24.3 Å². The van der Waals surface area contributed by atoms with E-state index in [1.165, 1.54) is 0 Å². The fourth-order valence-corrected chi connectivity index (χ4v) is 3.59. The van der Waals surface area contributed by atoms with Crippen LogP contribution in [0, 0.1) is 5.92 Å². The van der Waals surface area contributed by atoms with E-state index in [2.05, 4.69) is 5.32 Å². The van der Waals surface area contributed by atoms with Crippen LogP contribution in [0.1, 0.15) is 44.1 Å². The van der Waals surface area contributed by atoms with Gasteiger partial charge in [-0.05, 0) is 43.4 Å². The number of hydrogen-bond donors (Lipinski definition) is 2. The summed E-state index contributed by atoms with van der Waals surface area (Å²) in [6, 6.07) is 7.74. The predicted molar refractivity (Wildman–Crippen MR) is 83.3 cm³/mol. The molecule has 2 aliphatic rings. The summed E-state index contributed by atoms with van der Waals surface area (Å²) in [4.78, 5) is 12.7. The summed E-state index contributed by atoms with van der Waals surface area (Å²) in [6.07, 6.45) is 6.08. The first-order valence-electron chi connectivity index (χ1n) is 7.83. The van der Waals surface area contributed by atoms with Gasteiger partial charge in [0.05, 0.1) is 5.41 Å². The van der Waals surface area contributed by atoms with Crippen LogP contribution in [0.3, 0.4) is 0 Å². The molecule has 0 saturated heterocycles. The summed E-state index contributed by atoms with van der Waals surface area (Å²) < 4.78 is 0. The van der Waals surface area contributed by atoms with Crippen LogP contribution in [-0.4, -0.2) is 23.7 Å². The van der Waals surface area contributed by atoms with E-state index in [-0.39, 0.29) is 29.9 Å². The standard InChI is InChI=1S/C17H22ClNO2/c18-14-7-5-13(6-8-14)17(9-10-17)16(21)19-15-4-2-1-3-12(15)11-20/h5-8,12,15,20H,1-4,9-11H2,(H,19,21). The lowest BCUT2D eigenvalue weighted by atomic mass is 9.84. The summed E-state index contributed by atoms with van der Waals surface area (Å²) in [7, 11) is 0. The van der Waals surface area contributed by atoms with Gasteiger partial charge >= 0.3 is 0 Å². The Kier molecular flexibility index (Phi) is 4.23. The van der Waals surface area contributed by atoms with Crippen LogP contribution in [0.25, 0.3) is 0 Å². The van der Waals surface area contributed by atoms with Gasteiger partial charge in [-0.15, -0.1) is 0 Å². The molecule has 0 aliphatic heterocycles. The molecule has 0 heterocycles. The number of carbonyl (C=O) groups excluding carboxylic acids is 1. The molecule has 2 saturated carbocycles. The van der Waals surface area contributed by atoms with E-state index in [0.717, 1.165) is 44.1 Å². The van der Waals surface area contributed by atoms with Gasteiger partial charge in [0, 0.05) is 23.6 Å². The number of carbonyl (C=O) groups is 1. The van der Waals surface area contributed by atoms with Gasteiger partial charge in [-0.25, -0.2) is 0 Å². The van der Waals surface area contributed by atoms with Crippen molar-refractivity contribution in [2.75, 3.05) is 6.61 Å². The zero-order chi connectivity index (χ0) is 14.9. The summed E-state index contributed by atoms with van der Waals surface area (Å²) in [5.74, 6) is 0.332. The normalized spacial score (nSPS) is 27.1. The molecule has 0 aromatic heterocycles. The minimum atomic E-state index is -0.359. The maximum atomic E-state index is 12.7. The molecular weight excluding hydrogens is 286 g/mol. The fourth-order valence-electron chi connectivity index (χ4n) is 3.46. The first-order valence-corrected chi connectivity index (χ1v) is 8.21. The lowest BCUT2D eigenvalue weighted by Crippen LogP contribution is -2.47. The van der Waals surface area contributed by atoms with Crippen molar-refractivity contribution < 1.29 is 9.90 Å². The Labute approximate surface area is 130 Å². The van der Waals surface area contributed by atoms with E-state index >= 15 is 0 Å². The third-order valence-corrected chi connectivity index (χ3v) is 5.29. The highest BCUT2D eigenvalue weighted by molar-refractivity contribution is 6.30. The van der Waals surface area contributed by atoms with Crippen LogP contribution >= 0.6 is 11.6 Å². The lowest BCUT2D eigenvalue weighted by Gasteiger charge is -2.32. The number of rotatable bonds is 4. The van der Waals surface area contributed by atoms with Crippen molar-refractivity contribution in [2.24, 2.45) is 5.92 Å². The minimum Gasteiger partial charge on any atom is -0.396 e. The molecule has 0 spiro atoms. The van der Waals surface area contributed by atoms with Crippen molar-refractivity contribution in [2.45, 2.75) is 50.0 Å². The summed E-state index contributed by atoms with van der Waals surface area (Å²) in [5.41, 5.74) is 0.697. The van der Waals surface area contributed by atoms with Gasteiger partial charge in [0.1, 0.15) is 0 Å². The number of halogens is 1. The van der Waals surface area contributed by atoms with E-state index in [4.69, 9.17) is 11.6 Å². The second-order valence-corrected chi connectivity index (χ2v) is 6.83. The first kappa shape index (κ1) is 14.9. The Balaban J connectivity index is 1.71. The minimum absolute atomic E-state index is 0.121. The van der Waals surface area contributed by atoms with Crippen molar-refractivity contribution >= 4 is 17.5 Å². The third-order valence-electron chi connectivity index (χ3n) is 5.04. The Morgan fingerprint density at radius 3 is 2.52 bits per heavy atom. The molecule has 2 atom stereocenters. The molecule has 1 aromatic rings. The Morgan fingerprint density at radius 2 is 1.90 bits per heavy atom. The topological polar surface area (TPSA) is 49.3 Å². The number of hydrogen-bond acceptors (Lipinski definition) is 2. The number of aliphatic hydroxyl groups excluding tert-OH is 1. The highest BCUT2D eigenvalue weighted by atomic mass is 35.5. The van der Waals surface area contributed by atoms with Crippen LogP contribution in [-0.2, 0) is 10.2 Å². The maximum absolute atomic E-state index is 12.7. The molecule has 3 nitrogen and oxygen atoms in total. The molecule has 2 N–H and O–H groups in total. The van der Waals surface area contributed by atoms with Crippen LogP contribution < -0.4 is 5.32 Å². The summed E-state index contributed by atoms with van der Waals surface area (Å²) in [6.45, 7) is 0.166. The Morgan fingerprint density at radius 1 is 1.24 bits per heavy atom. The van der Waals surface area contributed by atoms with Crippen LogP contribution in [0.2, 0.25) is 5.02 Å². The zero-order valence-corrected chi connectivity index (χ0v) is 12.9. The van der Waals surface area contributed by atoms with Crippen molar-refractivity contribution in [3.8, 4) is 0 Å². The molecule has 4 heteroatoms. The molecular formula is C17H22ClNO2. The van der Waals surface area contributed by atoms with E-state index < -0.39 is 0 Å². The monoisotopic (exact) mass is 307 g/mol. The molecule has 0 bridgehead atoms. The number of aliphatic hydroxyl groups is 1. The molecule has 0 radical (unpaired) electrons. The van der Waals surface area contributed by atoms with Crippen LogP contribution in [0.4, 0.5) is 0 Å². The molecule has 114 valence electrons. The quantitative estimate of drug-likeness (QED) is 0.898. The molecule has 1 amide bonds. The van der Waals surface area contributed by atoms with E-state index in [0.29, 0.717) is 5.02 Å². The molecule has 3 rings (SSSR count). The second kappa shape index (κ2) is 5.98. The Hall–Kier alpha value is -1.06. The number of nitrogens with one attached hydrogen (secondary N) is 1. The second-order valence-electron chi connectivity index (χ2n) is 6.40. The number of amides is 1. The van der Waals surface area contributed by atoms with Gasteiger partial charge in [0.15, 0.2) is 0 Å².